The maximum Gasteiger partial charge on any atom is 0.242 e. The van der Waals surface area contributed by atoms with E-state index in [1.54, 1.807) is 12.3 Å². The Morgan fingerprint density at radius 1 is 1.14 bits per heavy atom. The summed E-state index contributed by atoms with van der Waals surface area (Å²) in [5, 5.41) is 3.45. The number of nitrogens with zero attached hydrogens (tertiary/aromatic N) is 1. The van der Waals surface area contributed by atoms with Crippen molar-refractivity contribution in [3.8, 4) is 0 Å². The van der Waals surface area contributed by atoms with Gasteiger partial charge in [-0.05, 0) is 34.8 Å². The zero-order valence-corrected chi connectivity index (χ0v) is 14.4. The number of hydrogen-bond acceptors (Lipinski definition) is 4. The van der Waals surface area contributed by atoms with Crippen molar-refractivity contribution in [2.24, 2.45) is 0 Å². The van der Waals surface area contributed by atoms with E-state index in [1.165, 1.54) is 44.7 Å². The van der Waals surface area contributed by atoms with Crippen molar-refractivity contribution in [2.75, 3.05) is 13.1 Å². The fourth-order valence-corrected chi connectivity index (χ4v) is 4.10. The van der Waals surface area contributed by atoms with E-state index in [1.807, 2.05) is 0 Å². The molecule has 0 aliphatic heterocycles. The van der Waals surface area contributed by atoms with E-state index >= 15 is 0 Å². The Hall–Kier alpha value is -0.500. The molecular formula is C14H22BrN3O2S. The van der Waals surface area contributed by atoms with Crippen LogP contribution in [0.1, 0.15) is 38.5 Å². The fourth-order valence-electron chi connectivity index (χ4n) is 2.57. The molecule has 2 N–H and O–H groups in total. The van der Waals surface area contributed by atoms with Crippen molar-refractivity contribution in [1.82, 2.24) is 15.0 Å². The van der Waals surface area contributed by atoms with Gasteiger partial charge in [0.05, 0.1) is 0 Å². The van der Waals surface area contributed by atoms with Gasteiger partial charge in [-0.3, -0.25) is 4.98 Å². The molecule has 0 unspecified atom stereocenters. The van der Waals surface area contributed by atoms with Gasteiger partial charge in [-0.1, -0.05) is 25.7 Å². The molecule has 1 fully saturated rings. The average molecular weight is 376 g/mol. The number of nitrogens with one attached hydrogen (secondary N) is 2. The van der Waals surface area contributed by atoms with E-state index in [4.69, 9.17) is 0 Å². The molecule has 1 aliphatic rings. The second-order valence-electron chi connectivity index (χ2n) is 5.38. The van der Waals surface area contributed by atoms with Gasteiger partial charge in [0.2, 0.25) is 10.0 Å². The van der Waals surface area contributed by atoms with Gasteiger partial charge in [-0.25, -0.2) is 13.1 Å². The smallest absolute Gasteiger partial charge is 0.242 e. The van der Waals surface area contributed by atoms with Gasteiger partial charge in [-0.15, -0.1) is 0 Å². The molecule has 0 amide bonds. The number of pyridine rings is 1. The first-order chi connectivity index (χ1) is 10.1. The summed E-state index contributed by atoms with van der Waals surface area (Å²) in [5.74, 6) is 0. The highest BCUT2D eigenvalue weighted by Crippen LogP contribution is 2.17. The number of sulfonamides is 1. The molecule has 5 nitrogen and oxygen atoms in total. The van der Waals surface area contributed by atoms with Crippen LogP contribution in [0.15, 0.2) is 27.8 Å². The molecule has 0 aromatic carbocycles. The summed E-state index contributed by atoms with van der Waals surface area (Å²) in [6, 6.07) is 2.08. The average Bonchev–Trinajstić information content (AvgIpc) is 2.72. The van der Waals surface area contributed by atoms with Crippen molar-refractivity contribution < 1.29 is 8.42 Å². The van der Waals surface area contributed by atoms with Crippen molar-refractivity contribution in [2.45, 2.75) is 49.5 Å². The second-order valence-corrected chi connectivity index (χ2v) is 8.06. The standard InChI is InChI=1S/C14H22BrN3O2S/c15-12-9-14(11-16-10-12)21(19,20)18-8-7-17-13-5-3-1-2-4-6-13/h9-11,13,17-18H,1-8H2. The third-order valence-electron chi connectivity index (χ3n) is 3.70. The highest BCUT2D eigenvalue weighted by atomic mass is 79.9. The SMILES string of the molecule is O=S(=O)(NCCNC1CCCCCC1)c1cncc(Br)c1. The minimum Gasteiger partial charge on any atom is -0.313 e. The predicted octanol–water partition coefficient (Wildman–Crippen LogP) is 2.43. The van der Waals surface area contributed by atoms with E-state index in [-0.39, 0.29) is 4.90 Å². The van der Waals surface area contributed by atoms with Crippen LogP contribution in [-0.2, 0) is 10.0 Å². The van der Waals surface area contributed by atoms with Crippen LogP contribution < -0.4 is 10.0 Å². The molecule has 1 aliphatic carbocycles. The normalized spacial score (nSPS) is 17.6. The highest BCUT2D eigenvalue weighted by molar-refractivity contribution is 9.10. The first-order valence-electron chi connectivity index (χ1n) is 7.41. The molecule has 1 aromatic rings. The number of hydrogen-bond donors (Lipinski definition) is 2. The van der Waals surface area contributed by atoms with Crippen LogP contribution in [0.5, 0.6) is 0 Å². The van der Waals surface area contributed by atoms with Crippen LogP contribution in [0.3, 0.4) is 0 Å². The quantitative estimate of drug-likeness (QED) is 0.591. The third kappa shape index (κ3) is 5.65. The topological polar surface area (TPSA) is 71.1 Å². The Morgan fingerprint density at radius 3 is 2.52 bits per heavy atom. The Morgan fingerprint density at radius 2 is 1.86 bits per heavy atom. The van der Waals surface area contributed by atoms with Crippen molar-refractivity contribution in [3.05, 3.63) is 22.9 Å². The van der Waals surface area contributed by atoms with Gasteiger partial charge < -0.3 is 5.32 Å². The summed E-state index contributed by atoms with van der Waals surface area (Å²) in [6.07, 6.45) is 10.5. The first kappa shape index (κ1) is 16.9. The lowest BCUT2D eigenvalue weighted by atomic mass is 10.1. The predicted molar refractivity (Wildman–Crippen MR) is 86.6 cm³/mol. The van der Waals surface area contributed by atoms with Crippen molar-refractivity contribution >= 4 is 26.0 Å². The molecule has 0 saturated heterocycles. The third-order valence-corrected chi connectivity index (χ3v) is 5.56. The van der Waals surface area contributed by atoms with E-state index in [0.717, 1.165) is 0 Å². The van der Waals surface area contributed by atoms with E-state index in [9.17, 15) is 8.42 Å². The summed E-state index contributed by atoms with van der Waals surface area (Å²) in [5.41, 5.74) is 0. The first-order valence-corrected chi connectivity index (χ1v) is 9.69. The number of aromatic nitrogens is 1. The molecule has 2 rings (SSSR count). The van der Waals surface area contributed by atoms with Gasteiger partial charge in [0.1, 0.15) is 4.90 Å². The lowest BCUT2D eigenvalue weighted by molar-refractivity contribution is 0.461. The van der Waals surface area contributed by atoms with Crippen LogP contribution in [0.25, 0.3) is 0 Å². The van der Waals surface area contributed by atoms with Crippen LogP contribution in [0.4, 0.5) is 0 Å². The number of rotatable bonds is 6. The van der Waals surface area contributed by atoms with Crippen molar-refractivity contribution in [3.63, 3.8) is 0 Å². The Balaban J connectivity index is 1.77. The van der Waals surface area contributed by atoms with Gasteiger partial charge in [0.25, 0.3) is 0 Å². The molecule has 7 heteroatoms. The lowest BCUT2D eigenvalue weighted by Crippen LogP contribution is -2.36. The largest absolute Gasteiger partial charge is 0.313 e. The maximum atomic E-state index is 12.1. The van der Waals surface area contributed by atoms with Crippen molar-refractivity contribution in [1.29, 1.82) is 0 Å². The minimum atomic E-state index is -3.48. The Kier molecular flexibility index (Phi) is 6.60. The van der Waals surface area contributed by atoms with E-state index < -0.39 is 10.0 Å². The highest BCUT2D eigenvalue weighted by Gasteiger charge is 2.15. The summed E-state index contributed by atoms with van der Waals surface area (Å²) in [4.78, 5) is 4.07. The van der Waals surface area contributed by atoms with Crippen LogP contribution in [0.2, 0.25) is 0 Å². The van der Waals surface area contributed by atoms with Gasteiger partial charge in [0.15, 0.2) is 0 Å². The Bertz CT molecular complexity index is 543. The summed E-state index contributed by atoms with van der Waals surface area (Å²) < 4.78 is 27.4. The molecular weight excluding hydrogens is 354 g/mol. The summed E-state index contributed by atoms with van der Waals surface area (Å²) >= 11 is 3.23. The second kappa shape index (κ2) is 8.22. The number of halogens is 1. The fraction of sp³-hybridized carbons (Fsp3) is 0.643. The maximum absolute atomic E-state index is 12.1. The molecule has 1 heterocycles. The molecule has 0 spiro atoms. The monoisotopic (exact) mass is 375 g/mol. The molecule has 1 aromatic heterocycles. The van der Waals surface area contributed by atoms with Crippen LogP contribution in [0, 0.1) is 0 Å². The Labute approximate surface area is 135 Å². The van der Waals surface area contributed by atoms with Gasteiger partial charge >= 0.3 is 0 Å². The molecule has 21 heavy (non-hydrogen) atoms. The zero-order valence-electron chi connectivity index (χ0n) is 12.0. The van der Waals surface area contributed by atoms with E-state index in [2.05, 4.69) is 31.0 Å². The van der Waals surface area contributed by atoms with Gasteiger partial charge in [0, 0.05) is 36.0 Å². The summed E-state index contributed by atoms with van der Waals surface area (Å²) in [7, 11) is -3.48. The molecule has 0 radical (unpaired) electrons. The summed E-state index contributed by atoms with van der Waals surface area (Å²) in [6.45, 7) is 1.05. The molecule has 118 valence electrons. The molecule has 0 bridgehead atoms. The van der Waals surface area contributed by atoms with Gasteiger partial charge in [-0.2, -0.15) is 0 Å². The molecule has 1 saturated carbocycles. The lowest BCUT2D eigenvalue weighted by Gasteiger charge is -2.16. The van der Waals surface area contributed by atoms with Crippen LogP contribution in [-0.4, -0.2) is 32.5 Å². The van der Waals surface area contributed by atoms with Crippen LogP contribution >= 0.6 is 15.9 Å². The zero-order chi connectivity index (χ0) is 15.1. The van der Waals surface area contributed by atoms with E-state index in [0.29, 0.717) is 23.6 Å². The minimum absolute atomic E-state index is 0.186. The molecule has 0 atom stereocenters.